The lowest BCUT2D eigenvalue weighted by molar-refractivity contribution is 0.680. The molecular formula is C15H14Cl4N4OS2. The maximum absolute atomic E-state index is 11.7. The molecule has 1 atom stereocenters. The summed E-state index contributed by atoms with van der Waals surface area (Å²) in [5, 5.41) is 10.1. The van der Waals surface area contributed by atoms with E-state index in [0.29, 0.717) is 20.8 Å². The van der Waals surface area contributed by atoms with Gasteiger partial charge < -0.3 is 0 Å². The summed E-state index contributed by atoms with van der Waals surface area (Å²) in [4.78, 5) is 7.74. The molecule has 0 radical (unpaired) electrons. The maximum atomic E-state index is 11.7. The zero-order valence-corrected chi connectivity index (χ0v) is 18.4. The predicted molar refractivity (Wildman–Crippen MR) is 112 cm³/mol. The summed E-state index contributed by atoms with van der Waals surface area (Å²) in [7, 11) is -2.57. The second-order valence-electron chi connectivity index (χ2n) is 4.92. The van der Waals surface area contributed by atoms with Crippen LogP contribution < -0.4 is 0 Å². The minimum absolute atomic E-state index is 0.0869. The van der Waals surface area contributed by atoms with Crippen LogP contribution in [0.3, 0.4) is 0 Å². The Kier molecular flexibility index (Phi) is 10.0. The summed E-state index contributed by atoms with van der Waals surface area (Å²) in [6.07, 6.45) is 8.07. The minimum atomic E-state index is -2.57. The smallest absolute Gasteiger partial charge is 0.214 e. The Hall–Kier alpha value is -0.750. The third-order valence-electron chi connectivity index (χ3n) is 2.75. The Morgan fingerprint density at radius 1 is 1.12 bits per heavy atom. The lowest BCUT2D eigenvalue weighted by Crippen LogP contribution is -2.01. The molecule has 2 rings (SSSR count). The molecule has 26 heavy (non-hydrogen) atoms. The SMILES string of the molecule is CS(=O)(Cc1cnc(Cl)cc1Cl)=NC#N.CSCc1cnc(Cl)cc1Cl. The van der Waals surface area contributed by atoms with E-state index in [0.717, 1.165) is 11.3 Å². The molecule has 140 valence electrons. The molecule has 0 fully saturated rings. The van der Waals surface area contributed by atoms with Gasteiger partial charge in [-0.15, -0.1) is 4.36 Å². The molecule has 1 unspecified atom stereocenters. The van der Waals surface area contributed by atoms with Gasteiger partial charge >= 0.3 is 0 Å². The fraction of sp³-hybridized carbons (Fsp3) is 0.267. The van der Waals surface area contributed by atoms with Gasteiger partial charge in [-0.25, -0.2) is 14.2 Å². The Morgan fingerprint density at radius 2 is 1.62 bits per heavy atom. The maximum Gasteiger partial charge on any atom is 0.214 e. The topological polar surface area (TPSA) is 79.0 Å². The van der Waals surface area contributed by atoms with Gasteiger partial charge in [-0.1, -0.05) is 46.4 Å². The molecule has 0 spiro atoms. The Morgan fingerprint density at radius 3 is 2.04 bits per heavy atom. The molecule has 5 nitrogen and oxygen atoms in total. The second kappa shape index (κ2) is 11.2. The molecule has 0 aromatic carbocycles. The van der Waals surface area contributed by atoms with Crippen LogP contribution in [-0.4, -0.2) is 26.7 Å². The van der Waals surface area contributed by atoms with Crippen molar-refractivity contribution in [2.24, 2.45) is 4.36 Å². The van der Waals surface area contributed by atoms with Gasteiger partial charge in [0.1, 0.15) is 10.3 Å². The lowest BCUT2D eigenvalue weighted by Gasteiger charge is -2.04. The summed E-state index contributed by atoms with van der Waals surface area (Å²) in [6.45, 7) is 0. The molecule has 0 aliphatic heterocycles. The first-order valence-corrected chi connectivity index (χ1v) is 11.8. The van der Waals surface area contributed by atoms with Gasteiger partial charge in [0.15, 0.2) is 0 Å². The average Bonchev–Trinajstić information content (AvgIpc) is 2.53. The second-order valence-corrected chi connectivity index (χ2v) is 9.77. The largest absolute Gasteiger partial charge is 0.249 e. The third-order valence-corrected chi connectivity index (χ3v) is 5.78. The van der Waals surface area contributed by atoms with E-state index in [1.54, 1.807) is 24.0 Å². The number of nitrogens with zero attached hydrogens (tertiary/aromatic N) is 4. The first-order chi connectivity index (χ1) is 12.2. The highest BCUT2D eigenvalue weighted by Crippen LogP contribution is 2.22. The van der Waals surface area contributed by atoms with Crippen molar-refractivity contribution in [1.29, 1.82) is 5.26 Å². The van der Waals surface area contributed by atoms with Crippen LogP contribution in [0.5, 0.6) is 0 Å². The zero-order chi connectivity index (χ0) is 19.7. The van der Waals surface area contributed by atoms with E-state index in [1.807, 2.05) is 6.26 Å². The highest BCUT2D eigenvalue weighted by atomic mass is 35.5. The quantitative estimate of drug-likeness (QED) is 0.420. The lowest BCUT2D eigenvalue weighted by atomic mass is 10.3. The summed E-state index contributed by atoms with van der Waals surface area (Å²) >= 11 is 24.7. The first kappa shape index (κ1) is 23.3. The molecule has 0 N–H and O–H groups in total. The van der Waals surface area contributed by atoms with Crippen LogP contribution in [0.2, 0.25) is 20.4 Å². The number of halogens is 4. The Labute approximate surface area is 177 Å². The van der Waals surface area contributed by atoms with E-state index in [1.165, 1.54) is 24.7 Å². The number of pyridine rings is 2. The van der Waals surface area contributed by atoms with Crippen molar-refractivity contribution in [1.82, 2.24) is 9.97 Å². The van der Waals surface area contributed by atoms with E-state index >= 15 is 0 Å². The molecule has 0 amide bonds. The van der Waals surface area contributed by atoms with Crippen LogP contribution in [0.4, 0.5) is 0 Å². The van der Waals surface area contributed by atoms with Gasteiger partial charge in [0, 0.05) is 40.0 Å². The summed E-state index contributed by atoms with van der Waals surface area (Å²) < 4.78 is 15.0. The molecule has 0 saturated heterocycles. The molecule has 11 heteroatoms. The standard InChI is InChI=1S/C8H7Cl2N3OS.C7H7Cl2NS/c1-15(14,13-5-11)4-6-3-12-8(10)2-7(6)9;1-11-4-5-3-10-7(9)2-6(5)8/h2-3H,4H2,1H3;2-3H,4H2,1H3. The molecular weight excluding hydrogens is 458 g/mol. The van der Waals surface area contributed by atoms with Gasteiger partial charge in [-0.2, -0.15) is 17.0 Å². The van der Waals surface area contributed by atoms with Crippen molar-refractivity contribution in [3.63, 3.8) is 0 Å². The minimum Gasteiger partial charge on any atom is -0.249 e. The monoisotopic (exact) mass is 470 g/mol. The molecule has 2 aromatic rings. The van der Waals surface area contributed by atoms with Crippen LogP contribution in [0.15, 0.2) is 28.9 Å². The number of hydrogen-bond acceptors (Lipinski definition) is 6. The fourth-order valence-electron chi connectivity index (χ4n) is 1.65. The van der Waals surface area contributed by atoms with E-state index in [4.69, 9.17) is 51.7 Å². The van der Waals surface area contributed by atoms with E-state index < -0.39 is 9.73 Å². The van der Waals surface area contributed by atoms with Crippen LogP contribution in [-0.2, 0) is 21.2 Å². The van der Waals surface area contributed by atoms with Gasteiger partial charge in [-0.3, -0.25) is 0 Å². The van der Waals surface area contributed by atoms with Crippen molar-refractivity contribution in [2.75, 3.05) is 12.5 Å². The fourth-order valence-corrected chi connectivity index (χ4v) is 4.26. The van der Waals surface area contributed by atoms with Crippen LogP contribution in [0.25, 0.3) is 0 Å². The van der Waals surface area contributed by atoms with Crippen LogP contribution in [0, 0.1) is 11.5 Å². The number of thioether (sulfide) groups is 1. The number of nitriles is 1. The summed E-state index contributed by atoms with van der Waals surface area (Å²) in [6, 6.07) is 3.12. The van der Waals surface area contributed by atoms with E-state index in [-0.39, 0.29) is 10.9 Å². The average molecular weight is 472 g/mol. The summed E-state index contributed by atoms with van der Waals surface area (Å²) in [5.74, 6) is 0.965. The third kappa shape index (κ3) is 8.30. The normalized spacial score (nSPS) is 12.3. The van der Waals surface area contributed by atoms with Crippen LogP contribution in [0.1, 0.15) is 11.1 Å². The van der Waals surface area contributed by atoms with Crippen molar-refractivity contribution in [3.05, 3.63) is 56.0 Å². The molecule has 0 saturated carbocycles. The van der Waals surface area contributed by atoms with E-state index in [2.05, 4.69) is 14.3 Å². The number of rotatable bonds is 4. The number of aromatic nitrogens is 2. The van der Waals surface area contributed by atoms with Crippen molar-refractivity contribution >= 4 is 67.9 Å². The molecule has 2 aromatic heterocycles. The predicted octanol–water partition coefficient (Wildman–Crippen LogP) is 5.72. The van der Waals surface area contributed by atoms with Crippen molar-refractivity contribution in [2.45, 2.75) is 11.5 Å². The van der Waals surface area contributed by atoms with Gasteiger partial charge in [0.25, 0.3) is 0 Å². The van der Waals surface area contributed by atoms with Gasteiger partial charge in [0.05, 0.1) is 15.5 Å². The Balaban J connectivity index is 0.000000273. The number of hydrogen-bond donors (Lipinski definition) is 0. The molecule has 0 bridgehead atoms. The molecule has 0 aliphatic rings. The van der Waals surface area contributed by atoms with Gasteiger partial charge in [-0.05, 0) is 24.0 Å². The van der Waals surface area contributed by atoms with Crippen LogP contribution >= 0.6 is 58.2 Å². The van der Waals surface area contributed by atoms with E-state index in [9.17, 15) is 4.21 Å². The molecule has 2 heterocycles. The van der Waals surface area contributed by atoms with Crippen molar-refractivity contribution in [3.8, 4) is 6.19 Å². The molecule has 0 aliphatic carbocycles. The van der Waals surface area contributed by atoms with Crippen molar-refractivity contribution < 1.29 is 4.21 Å². The Bertz CT molecular complexity index is 924. The highest BCUT2D eigenvalue weighted by molar-refractivity contribution is 7.97. The zero-order valence-electron chi connectivity index (χ0n) is 13.7. The summed E-state index contributed by atoms with van der Waals surface area (Å²) in [5.41, 5.74) is 1.59. The van der Waals surface area contributed by atoms with Gasteiger partial charge in [0.2, 0.25) is 6.19 Å². The first-order valence-electron chi connectivity index (χ1n) is 6.85. The highest BCUT2D eigenvalue weighted by Gasteiger charge is 2.08.